The zero-order valence-electron chi connectivity index (χ0n) is 8.72. The second-order valence-electron chi connectivity index (χ2n) is 3.42. The molecule has 0 fully saturated rings. The molecule has 0 amide bonds. The van der Waals surface area contributed by atoms with Crippen LogP contribution >= 0.6 is 0 Å². The van der Waals surface area contributed by atoms with Crippen molar-refractivity contribution in [2.24, 2.45) is 5.73 Å². The molecular formula is C11H17NO. The minimum atomic E-state index is 0.0225. The van der Waals surface area contributed by atoms with E-state index in [9.17, 15) is 0 Å². The molecule has 72 valence electrons. The maximum Gasteiger partial charge on any atom is 0.126 e. The van der Waals surface area contributed by atoms with Crippen molar-refractivity contribution in [3.63, 3.8) is 0 Å². The van der Waals surface area contributed by atoms with Crippen molar-refractivity contribution in [2.45, 2.75) is 26.8 Å². The summed E-state index contributed by atoms with van der Waals surface area (Å²) in [7, 11) is 1.69. The highest BCUT2D eigenvalue weighted by Crippen LogP contribution is 2.29. The Morgan fingerprint density at radius 3 is 2.38 bits per heavy atom. The van der Waals surface area contributed by atoms with Gasteiger partial charge in [-0.15, -0.1) is 0 Å². The van der Waals surface area contributed by atoms with Gasteiger partial charge in [-0.05, 0) is 31.9 Å². The fraction of sp³-hybridized carbons (Fsp3) is 0.455. The Morgan fingerprint density at radius 2 is 1.92 bits per heavy atom. The minimum Gasteiger partial charge on any atom is -0.496 e. The largest absolute Gasteiger partial charge is 0.496 e. The van der Waals surface area contributed by atoms with Crippen LogP contribution < -0.4 is 10.5 Å². The van der Waals surface area contributed by atoms with E-state index in [1.807, 2.05) is 13.0 Å². The normalized spacial score (nSPS) is 12.7. The maximum absolute atomic E-state index is 5.83. The van der Waals surface area contributed by atoms with Crippen molar-refractivity contribution in [2.75, 3.05) is 7.11 Å². The van der Waals surface area contributed by atoms with Gasteiger partial charge in [-0.25, -0.2) is 0 Å². The lowest BCUT2D eigenvalue weighted by atomic mass is 10.0. The van der Waals surface area contributed by atoms with Crippen molar-refractivity contribution in [3.8, 4) is 5.75 Å². The summed E-state index contributed by atoms with van der Waals surface area (Å²) in [6.45, 7) is 6.09. The second kappa shape index (κ2) is 3.79. The molecule has 0 spiro atoms. The molecule has 0 aliphatic carbocycles. The van der Waals surface area contributed by atoms with Crippen molar-refractivity contribution in [3.05, 3.63) is 28.8 Å². The quantitative estimate of drug-likeness (QED) is 0.756. The highest BCUT2D eigenvalue weighted by molar-refractivity contribution is 5.46. The number of hydrogen-bond donors (Lipinski definition) is 1. The van der Waals surface area contributed by atoms with E-state index in [1.54, 1.807) is 7.11 Å². The van der Waals surface area contributed by atoms with Gasteiger partial charge in [-0.1, -0.05) is 12.1 Å². The topological polar surface area (TPSA) is 35.2 Å². The molecule has 0 aliphatic rings. The molecule has 0 bridgehead atoms. The van der Waals surface area contributed by atoms with Crippen LogP contribution in [0.4, 0.5) is 0 Å². The molecule has 0 saturated heterocycles. The molecule has 1 aromatic rings. The maximum atomic E-state index is 5.83. The van der Waals surface area contributed by atoms with E-state index < -0.39 is 0 Å². The average molecular weight is 179 g/mol. The third-order valence-corrected chi connectivity index (χ3v) is 2.40. The van der Waals surface area contributed by atoms with Gasteiger partial charge in [0.15, 0.2) is 0 Å². The summed E-state index contributed by atoms with van der Waals surface area (Å²) in [5, 5.41) is 0. The summed E-state index contributed by atoms with van der Waals surface area (Å²) in [6, 6.07) is 4.14. The third-order valence-electron chi connectivity index (χ3n) is 2.40. The van der Waals surface area contributed by atoms with Gasteiger partial charge in [0.25, 0.3) is 0 Å². The highest BCUT2D eigenvalue weighted by atomic mass is 16.5. The van der Waals surface area contributed by atoms with Gasteiger partial charge < -0.3 is 10.5 Å². The fourth-order valence-corrected chi connectivity index (χ4v) is 1.44. The first-order valence-corrected chi connectivity index (χ1v) is 4.47. The molecule has 0 heterocycles. The van der Waals surface area contributed by atoms with Crippen molar-refractivity contribution in [1.29, 1.82) is 0 Å². The van der Waals surface area contributed by atoms with Crippen LogP contribution in [0.1, 0.15) is 29.7 Å². The monoisotopic (exact) mass is 179 g/mol. The molecule has 2 N–H and O–H groups in total. The van der Waals surface area contributed by atoms with Crippen LogP contribution in [0.2, 0.25) is 0 Å². The molecule has 0 aromatic heterocycles. The lowest BCUT2D eigenvalue weighted by Gasteiger charge is -2.15. The molecule has 1 rings (SSSR count). The number of methoxy groups -OCH3 is 1. The van der Waals surface area contributed by atoms with Crippen molar-refractivity contribution in [1.82, 2.24) is 0 Å². The highest BCUT2D eigenvalue weighted by Gasteiger charge is 2.10. The SMILES string of the molecule is COc1c(C(C)N)ccc(C)c1C. The summed E-state index contributed by atoms with van der Waals surface area (Å²) in [5.41, 5.74) is 9.32. The molecule has 0 aliphatic heterocycles. The summed E-state index contributed by atoms with van der Waals surface area (Å²) in [4.78, 5) is 0. The van der Waals surface area contributed by atoms with Crippen molar-refractivity contribution >= 4 is 0 Å². The molecule has 0 radical (unpaired) electrons. The zero-order chi connectivity index (χ0) is 10.0. The first-order chi connectivity index (χ1) is 6.07. The second-order valence-corrected chi connectivity index (χ2v) is 3.42. The van der Waals surface area contributed by atoms with E-state index in [0.29, 0.717) is 0 Å². The predicted octanol–water partition coefficient (Wildman–Crippen LogP) is 2.33. The Labute approximate surface area is 79.7 Å². The number of rotatable bonds is 2. The van der Waals surface area contributed by atoms with Gasteiger partial charge in [0.1, 0.15) is 5.75 Å². The Kier molecular flexibility index (Phi) is 2.94. The summed E-state index contributed by atoms with van der Waals surface area (Å²) in [5.74, 6) is 0.926. The molecule has 1 aromatic carbocycles. The Hall–Kier alpha value is -1.02. The molecular weight excluding hydrogens is 162 g/mol. The zero-order valence-corrected chi connectivity index (χ0v) is 8.72. The molecule has 1 atom stereocenters. The number of nitrogens with two attached hydrogens (primary N) is 1. The van der Waals surface area contributed by atoms with Gasteiger partial charge >= 0.3 is 0 Å². The van der Waals surface area contributed by atoms with Gasteiger partial charge in [0.2, 0.25) is 0 Å². The molecule has 2 heteroatoms. The van der Waals surface area contributed by atoms with Crippen LogP contribution in [-0.2, 0) is 0 Å². The smallest absolute Gasteiger partial charge is 0.126 e. The van der Waals surface area contributed by atoms with Crippen LogP contribution in [0, 0.1) is 13.8 Å². The standard InChI is InChI=1S/C11H17NO/c1-7-5-6-10(9(3)12)11(13-4)8(7)2/h5-6,9H,12H2,1-4H3. The summed E-state index contributed by atoms with van der Waals surface area (Å²) < 4.78 is 5.34. The van der Waals surface area contributed by atoms with E-state index >= 15 is 0 Å². The molecule has 1 unspecified atom stereocenters. The van der Waals surface area contributed by atoms with Gasteiger partial charge in [0, 0.05) is 11.6 Å². The number of hydrogen-bond acceptors (Lipinski definition) is 2. The predicted molar refractivity (Wildman–Crippen MR) is 55.1 cm³/mol. The van der Waals surface area contributed by atoms with Crippen LogP contribution in [0.5, 0.6) is 5.75 Å². The van der Waals surface area contributed by atoms with Crippen LogP contribution in [0.25, 0.3) is 0 Å². The third kappa shape index (κ3) is 1.83. The minimum absolute atomic E-state index is 0.0225. The first kappa shape index (κ1) is 10.1. The lowest BCUT2D eigenvalue weighted by Crippen LogP contribution is -2.08. The average Bonchev–Trinajstić information content (AvgIpc) is 2.09. The summed E-state index contributed by atoms with van der Waals surface area (Å²) in [6.07, 6.45) is 0. The van der Waals surface area contributed by atoms with E-state index in [4.69, 9.17) is 10.5 Å². The Balaban J connectivity index is 3.30. The van der Waals surface area contributed by atoms with Crippen LogP contribution in [0.15, 0.2) is 12.1 Å². The van der Waals surface area contributed by atoms with Crippen LogP contribution in [-0.4, -0.2) is 7.11 Å². The molecule has 0 saturated carbocycles. The van der Waals surface area contributed by atoms with Crippen molar-refractivity contribution < 1.29 is 4.74 Å². The van der Waals surface area contributed by atoms with E-state index in [1.165, 1.54) is 11.1 Å². The van der Waals surface area contributed by atoms with E-state index in [0.717, 1.165) is 11.3 Å². The number of aryl methyl sites for hydroxylation is 1. The van der Waals surface area contributed by atoms with E-state index in [2.05, 4.69) is 19.9 Å². The number of ether oxygens (including phenoxy) is 1. The van der Waals surface area contributed by atoms with Gasteiger partial charge in [-0.3, -0.25) is 0 Å². The number of benzene rings is 1. The van der Waals surface area contributed by atoms with E-state index in [-0.39, 0.29) is 6.04 Å². The Bertz CT molecular complexity index is 305. The van der Waals surface area contributed by atoms with Gasteiger partial charge in [-0.2, -0.15) is 0 Å². The Morgan fingerprint density at radius 1 is 1.31 bits per heavy atom. The lowest BCUT2D eigenvalue weighted by molar-refractivity contribution is 0.403. The summed E-state index contributed by atoms with van der Waals surface area (Å²) >= 11 is 0. The van der Waals surface area contributed by atoms with Crippen LogP contribution in [0.3, 0.4) is 0 Å². The fourth-order valence-electron chi connectivity index (χ4n) is 1.44. The van der Waals surface area contributed by atoms with Gasteiger partial charge in [0.05, 0.1) is 7.11 Å². The molecule has 2 nitrogen and oxygen atoms in total. The molecule has 13 heavy (non-hydrogen) atoms. The first-order valence-electron chi connectivity index (χ1n) is 4.47.